The van der Waals surface area contributed by atoms with Gasteiger partial charge in [-0.25, -0.2) is 4.79 Å². The maximum Gasteiger partial charge on any atom is 0.326 e. The lowest BCUT2D eigenvalue weighted by atomic mass is 10.1. The number of aryl methyl sites for hydroxylation is 1. The first-order valence-corrected chi connectivity index (χ1v) is 6.75. The number of aliphatic carboxylic acids is 1. The number of unbranched alkanes of at least 4 members (excludes halogenated alkanes) is 1. The molecular formula is C15H23NO2. The summed E-state index contributed by atoms with van der Waals surface area (Å²) >= 11 is 0. The van der Waals surface area contributed by atoms with Crippen LogP contribution in [-0.4, -0.2) is 17.1 Å². The molecule has 1 atom stereocenters. The van der Waals surface area contributed by atoms with Gasteiger partial charge >= 0.3 is 5.97 Å². The fraction of sp³-hybridized carbons (Fsp3) is 0.533. The first kappa shape index (κ1) is 14.6. The molecule has 1 aromatic carbocycles. The van der Waals surface area contributed by atoms with Crippen molar-refractivity contribution in [3.05, 3.63) is 29.8 Å². The fourth-order valence-electron chi connectivity index (χ4n) is 1.92. The van der Waals surface area contributed by atoms with Crippen molar-refractivity contribution in [2.75, 3.05) is 5.32 Å². The first-order chi connectivity index (χ1) is 8.67. The van der Waals surface area contributed by atoms with Crippen LogP contribution in [0.15, 0.2) is 24.3 Å². The largest absolute Gasteiger partial charge is 0.480 e. The molecule has 1 rings (SSSR count). The third-order valence-corrected chi connectivity index (χ3v) is 2.98. The van der Waals surface area contributed by atoms with E-state index in [1.54, 1.807) is 0 Å². The van der Waals surface area contributed by atoms with Gasteiger partial charge in [0.1, 0.15) is 6.04 Å². The second-order valence-electron chi connectivity index (χ2n) is 4.62. The van der Waals surface area contributed by atoms with Gasteiger partial charge in [-0.1, -0.05) is 45.2 Å². The molecule has 0 aliphatic carbocycles. The minimum absolute atomic E-state index is 0.484. The van der Waals surface area contributed by atoms with Gasteiger partial charge in [0, 0.05) is 5.69 Å². The Bertz CT molecular complexity index is 359. The summed E-state index contributed by atoms with van der Waals surface area (Å²) in [6.07, 6.45) is 4.81. The van der Waals surface area contributed by atoms with Crippen LogP contribution in [0.2, 0.25) is 0 Å². The molecule has 100 valence electrons. The quantitative estimate of drug-likeness (QED) is 0.738. The predicted octanol–water partition coefficient (Wildman–Crippen LogP) is 3.69. The summed E-state index contributed by atoms with van der Waals surface area (Å²) in [5, 5.41) is 12.2. The first-order valence-electron chi connectivity index (χ1n) is 6.75. The van der Waals surface area contributed by atoms with E-state index >= 15 is 0 Å². The van der Waals surface area contributed by atoms with E-state index in [-0.39, 0.29) is 0 Å². The van der Waals surface area contributed by atoms with Crippen molar-refractivity contribution in [2.24, 2.45) is 0 Å². The second-order valence-corrected chi connectivity index (χ2v) is 4.62. The molecule has 0 radical (unpaired) electrons. The van der Waals surface area contributed by atoms with Crippen molar-refractivity contribution >= 4 is 11.7 Å². The molecule has 0 amide bonds. The molecule has 0 saturated heterocycles. The molecule has 1 aromatic rings. The lowest BCUT2D eigenvalue weighted by Crippen LogP contribution is -2.29. The van der Waals surface area contributed by atoms with Crippen LogP contribution in [0.25, 0.3) is 0 Å². The molecule has 3 nitrogen and oxygen atoms in total. The van der Waals surface area contributed by atoms with Gasteiger partial charge < -0.3 is 10.4 Å². The molecule has 0 aromatic heterocycles. The van der Waals surface area contributed by atoms with Gasteiger partial charge in [0.05, 0.1) is 0 Å². The Labute approximate surface area is 109 Å². The number of nitrogens with one attached hydrogen (secondary N) is 1. The Morgan fingerprint density at radius 2 is 1.89 bits per heavy atom. The lowest BCUT2D eigenvalue weighted by Gasteiger charge is -2.15. The van der Waals surface area contributed by atoms with Crippen LogP contribution < -0.4 is 5.32 Å². The minimum Gasteiger partial charge on any atom is -0.480 e. The zero-order chi connectivity index (χ0) is 13.4. The van der Waals surface area contributed by atoms with Crippen molar-refractivity contribution in [3.63, 3.8) is 0 Å². The predicted molar refractivity (Wildman–Crippen MR) is 75.0 cm³/mol. The highest BCUT2D eigenvalue weighted by Crippen LogP contribution is 2.14. The monoisotopic (exact) mass is 249 g/mol. The van der Waals surface area contributed by atoms with Crippen molar-refractivity contribution < 1.29 is 9.90 Å². The average Bonchev–Trinajstić information content (AvgIpc) is 2.36. The number of carbonyl (C=O) groups is 1. The van der Waals surface area contributed by atoms with E-state index in [0.29, 0.717) is 6.42 Å². The van der Waals surface area contributed by atoms with Crippen LogP contribution in [-0.2, 0) is 11.2 Å². The van der Waals surface area contributed by atoms with E-state index < -0.39 is 12.0 Å². The molecule has 1 unspecified atom stereocenters. The molecule has 0 aliphatic heterocycles. The fourth-order valence-corrected chi connectivity index (χ4v) is 1.92. The zero-order valence-corrected chi connectivity index (χ0v) is 11.3. The summed E-state index contributed by atoms with van der Waals surface area (Å²) in [5.74, 6) is -0.777. The summed E-state index contributed by atoms with van der Waals surface area (Å²) in [5.41, 5.74) is 2.18. The van der Waals surface area contributed by atoms with E-state index in [4.69, 9.17) is 5.11 Å². The summed E-state index contributed by atoms with van der Waals surface area (Å²) in [7, 11) is 0. The van der Waals surface area contributed by atoms with Crippen molar-refractivity contribution in [2.45, 2.75) is 52.0 Å². The third kappa shape index (κ3) is 4.78. The molecule has 3 heteroatoms. The van der Waals surface area contributed by atoms with Gasteiger partial charge in [-0.2, -0.15) is 0 Å². The summed E-state index contributed by atoms with van der Waals surface area (Å²) in [6.45, 7) is 4.22. The normalized spacial score (nSPS) is 12.1. The summed E-state index contributed by atoms with van der Waals surface area (Å²) in [4.78, 5) is 11.1. The number of hydrogen-bond donors (Lipinski definition) is 2. The van der Waals surface area contributed by atoms with Gasteiger partial charge in [0.25, 0.3) is 0 Å². The van der Waals surface area contributed by atoms with Gasteiger partial charge in [-0.3, -0.25) is 0 Å². The molecule has 0 fully saturated rings. The topological polar surface area (TPSA) is 49.3 Å². The van der Waals surface area contributed by atoms with E-state index in [9.17, 15) is 4.79 Å². The van der Waals surface area contributed by atoms with E-state index in [0.717, 1.165) is 31.4 Å². The standard InChI is InChI=1S/C15H23NO2/c1-3-5-7-14(15(17)18)16-13-10-8-12(6-4-2)9-11-13/h8-11,14,16H,3-7H2,1-2H3,(H,17,18). The number of benzene rings is 1. The van der Waals surface area contributed by atoms with Crippen molar-refractivity contribution in [1.29, 1.82) is 0 Å². The molecule has 0 spiro atoms. The molecule has 0 saturated carbocycles. The number of carboxylic acids is 1. The molecule has 2 N–H and O–H groups in total. The highest BCUT2D eigenvalue weighted by molar-refractivity contribution is 5.77. The van der Waals surface area contributed by atoms with E-state index in [2.05, 4.69) is 31.3 Å². The molecule has 0 bridgehead atoms. The molecule has 18 heavy (non-hydrogen) atoms. The highest BCUT2D eigenvalue weighted by atomic mass is 16.4. The Morgan fingerprint density at radius 3 is 2.39 bits per heavy atom. The van der Waals surface area contributed by atoms with Gasteiger partial charge in [-0.05, 0) is 30.5 Å². The Morgan fingerprint density at radius 1 is 1.22 bits per heavy atom. The van der Waals surface area contributed by atoms with Gasteiger partial charge in [-0.15, -0.1) is 0 Å². The van der Waals surface area contributed by atoms with Crippen LogP contribution in [0.5, 0.6) is 0 Å². The molecule has 0 heterocycles. The SMILES string of the molecule is CCCCC(Nc1ccc(CCC)cc1)C(=O)O. The maximum atomic E-state index is 11.1. The highest BCUT2D eigenvalue weighted by Gasteiger charge is 2.15. The van der Waals surface area contributed by atoms with E-state index in [1.807, 2.05) is 12.1 Å². The minimum atomic E-state index is -0.777. The lowest BCUT2D eigenvalue weighted by molar-refractivity contribution is -0.138. The van der Waals surface area contributed by atoms with Gasteiger partial charge in [0.15, 0.2) is 0 Å². The summed E-state index contributed by atoms with van der Waals surface area (Å²) in [6, 6.07) is 7.57. The Hall–Kier alpha value is -1.51. The van der Waals surface area contributed by atoms with Gasteiger partial charge in [0.2, 0.25) is 0 Å². The van der Waals surface area contributed by atoms with Crippen LogP contribution >= 0.6 is 0 Å². The number of rotatable bonds is 8. The average molecular weight is 249 g/mol. The van der Waals surface area contributed by atoms with Crippen LogP contribution in [0, 0.1) is 0 Å². The number of hydrogen-bond acceptors (Lipinski definition) is 2. The zero-order valence-electron chi connectivity index (χ0n) is 11.3. The van der Waals surface area contributed by atoms with Crippen molar-refractivity contribution in [1.82, 2.24) is 0 Å². The third-order valence-electron chi connectivity index (χ3n) is 2.98. The van der Waals surface area contributed by atoms with Crippen LogP contribution in [0.4, 0.5) is 5.69 Å². The molecule has 0 aliphatic rings. The Balaban J connectivity index is 2.60. The smallest absolute Gasteiger partial charge is 0.326 e. The molecular weight excluding hydrogens is 226 g/mol. The Kier molecular flexibility index (Phi) is 6.26. The van der Waals surface area contributed by atoms with Crippen LogP contribution in [0.3, 0.4) is 0 Å². The maximum absolute atomic E-state index is 11.1. The number of carboxylic acid groups (broad SMARTS) is 1. The van der Waals surface area contributed by atoms with Crippen molar-refractivity contribution in [3.8, 4) is 0 Å². The van der Waals surface area contributed by atoms with E-state index in [1.165, 1.54) is 5.56 Å². The van der Waals surface area contributed by atoms with Crippen LogP contribution in [0.1, 0.15) is 45.1 Å². The second kappa shape index (κ2) is 7.75. The summed E-state index contributed by atoms with van der Waals surface area (Å²) < 4.78 is 0. The number of anilines is 1.